The first-order valence-electron chi connectivity index (χ1n) is 9.68. The predicted molar refractivity (Wildman–Crippen MR) is 114 cm³/mol. The van der Waals surface area contributed by atoms with Gasteiger partial charge >= 0.3 is 0 Å². The van der Waals surface area contributed by atoms with E-state index >= 15 is 0 Å². The van der Waals surface area contributed by atoms with Crippen molar-refractivity contribution in [3.05, 3.63) is 42.0 Å². The molecule has 31 heavy (non-hydrogen) atoms. The summed E-state index contributed by atoms with van der Waals surface area (Å²) in [6.45, 7) is 5.33. The number of aryl methyl sites for hydroxylation is 1. The van der Waals surface area contributed by atoms with Crippen LogP contribution in [0.25, 0.3) is 33.5 Å². The number of benzene rings is 1. The molecule has 0 atom stereocenters. The SMILES string of the molecule is CC(=O)NCC(C)(C)NC(=O)c1c[nH]c2ncc(-c3nn(C)c4cc(F)ccc34)nc12. The molecule has 0 saturated carbocycles. The van der Waals surface area contributed by atoms with Crippen LogP contribution in [-0.2, 0) is 11.8 Å². The van der Waals surface area contributed by atoms with Crippen LogP contribution < -0.4 is 10.6 Å². The number of nitrogens with zero attached hydrogens (tertiary/aromatic N) is 4. The second kappa shape index (κ2) is 7.46. The third-order valence-corrected chi connectivity index (χ3v) is 4.91. The van der Waals surface area contributed by atoms with Gasteiger partial charge in [0.2, 0.25) is 5.91 Å². The van der Waals surface area contributed by atoms with Gasteiger partial charge in [-0.3, -0.25) is 14.3 Å². The van der Waals surface area contributed by atoms with Crippen molar-refractivity contribution in [2.24, 2.45) is 7.05 Å². The fraction of sp³-hybridized carbons (Fsp3) is 0.286. The van der Waals surface area contributed by atoms with E-state index in [2.05, 4.69) is 30.7 Å². The van der Waals surface area contributed by atoms with Gasteiger partial charge in [0.25, 0.3) is 5.91 Å². The van der Waals surface area contributed by atoms with Crippen molar-refractivity contribution >= 4 is 33.9 Å². The summed E-state index contributed by atoms with van der Waals surface area (Å²) < 4.78 is 15.2. The second-order valence-corrected chi connectivity index (χ2v) is 8.04. The number of fused-ring (bicyclic) bond motifs is 2. The molecule has 0 bridgehead atoms. The lowest BCUT2D eigenvalue weighted by Gasteiger charge is -2.26. The Hall–Kier alpha value is -3.82. The summed E-state index contributed by atoms with van der Waals surface area (Å²) in [5.41, 5.74) is 2.15. The van der Waals surface area contributed by atoms with E-state index in [0.717, 1.165) is 5.39 Å². The topological polar surface area (TPSA) is 118 Å². The zero-order chi connectivity index (χ0) is 22.3. The summed E-state index contributed by atoms with van der Waals surface area (Å²) in [6.07, 6.45) is 3.11. The van der Waals surface area contributed by atoms with Gasteiger partial charge in [0.05, 0.1) is 22.8 Å². The highest BCUT2D eigenvalue weighted by Crippen LogP contribution is 2.28. The van der Waals surface area contributed by atoms with Crippen LogP contribution in [0, 0.1) is 5.82 Å². The van der Waals surface area contributed by atoms with E-state index in [9.17, 15) is 14.0 Å². The highest BCUT2D eigenvalue weighted by atomic mass is 19.1. The monoisotopic (exact) mass is 423 g/mol. The molecule has 0 fully saturated rings. The van der Waals surface area contributed by atoms with E-state index in [4.69, 9.17) is 0 Å². The van der Waals surface area contributed by atoms with Gasteiger partial charge in [0.1, 0.15) is 22.7 Å². The summed E-state index contributed by atoms with van der Waals surface area (Å²) in [6, 6.07) is 4.42. The van der Waals surface area contributed by atoms with Crippen LogP contribution in [0.1, 0.15) is 31.1 Å². The van der Waals surface area contributed by atoms with Gasteiger partial charge in [-0.2, -0.15) is 5.10 Å². The summed E-state index contributed by atoms with van der Waals surface area (Å²) in [7, 11) is 1.73. The number of halogens is 1. The van der Waals surface area contributed by atoms with Crippen molar-refractivity contribution in [3.63, 3.8) is 0 Å². The number of rotatable bonds is 5. The minimum Gasteiger partial charge on any atom is -0.354 e. The Morgan fingerprint density at radius 3 is 2.81 bits per heavy atom. The number of hydrogen-bond acceptors (Lipinski definition) is 5. The van der Waals surface area contributed by atoms with Crippen LogP contribution >= 0.6 is 0 Å². The van der Waals surface area contributed by atoms with E-state index in [1.54, 1.807) is 30.2 Å². The molecule has 4 rings (SSSR count). The predicted octanol–water partition coefficient (Wildman–Crippen LogP) is 2.30. The summed E-state index contributed by atoms with van der Waals surface area (Å²) in [5, 5.41) is 10.8. The maximum Gasteiger partial charge on any atom is 0.255 e. The molecule has 3 N–H and O–H groups in total. The highest BCUT2D eigenvalue weighted by molar-refractivity contribution is 6.05. The Kier molecular flexibility index (Phi) is 4.92. The number of carbonyl (C=O) groups is 2. The van der Waals surface area contributed by atoms with Crippen LogP contribution in [0.15, 0.2) is 30.6 Å². The van der Waals surface area contributed by atoms with Crippen molar-refractivity contribution in [1.29, 1.82) is 0 Å². The van der Waals surface area contributed by atoms with Crippen LogP contribution in [0.3, 0.4) is 0 Å². The van der Waals surface area contributed by atoms with Crippen LogP contribution in [0.4, 0.5) is 4.39 Å². The van der Waals surface area contributed by atoms with E-state index in [1.165, 1.54) is 19.1 Å². The lowest BCUT2D eigenvalue weighted by Crippen LogP contribution is -2.51. The normalized spacial score (nSPS) is 11.8. The third kappa shape index (κ3) is 3.96. The molecule has 3 aromatic heterocycles. The zero-order valence-corrected chi connectivity index (χ0v) is 17.6. The Bertz CT molecular complexity index is 1320. The Morgan fingerprint density at radius 1 is 1.29 bits per heavy atom. The smallest absolute Gasteiger partial charge is 0.255 e. The molecule has 2 amide bonds. The molecular formula is C21H22FN7O2. The van der Waals surface area contributed by atoms with Gasteiger partial charge in [-0.05, 0) is 32.0 Å². The molecular weight excluding hydrogens is 401 g/mol. The van der Waals surface area contributed by atoms with Crippen molar-refractivity contribution in [2.45, 2.75) is 26.3 Å². The number of H-pyrrole nitrogens is 1. The van der Waals surface area contributed by atoms with E-state index in [0.29, 0.717) is 33.6 Å². The molecule has 0 aliphatic carbocycles. The van der Waals surface area contributed by atoms with Gasteiger partial charge in [-0.1, -0.05) is 0 Å². The van der Waals surface area contributed by atoms with Gasteiger partial charge in [-0.15, -0.1) is 0 Å². The highest BCUT2D eigenvalue weighted by Gasteiger charge is 2.24. The van der Waals surface area contributed by atoms with Crippen molar-refractivity contribution in [3.8, 4) is 11.4 Å². The quantitative estimate of drug-likeness (QED) is 0.455. The lowest BCUT2D eigenvalue weighted by molar-refractivity contribution is -0.119. The average molecular weight is 423 g/mol. The standard InChI is InChI=1S/C21H22FN7O2/c1-11(30)25-10-21(2,3)27-20(31)14-8-23-19-18(14)26-15(9-24-19)17-13-6-5-12(22)7-16(13)29(4)28-17/h5-9H,10H2,1-4H3,(H,23,24)(H,25,30)(H,27,31). The largest absolute Gasteiger partial charge is 0.354 e. The van der Waals surface area contributed by atoms with Crippen molar-refractivity contribution in [2.75, 3.05) is 6.54 Å². The Morgan fingerprint density at radius 2 is 2.06 bits per heavy atom. The first-order chi connectivity index (χ1) is 14.6. The lowest BCUT2D eigenvalue weighted by atomic mass is 10.0. The van der Waals surface area contributed by atoms with Gasteiger partial charge in [0.15, 0.2) is 5.65 Å². The average Bonchev–Trinajstić information content (AvgIpc) is 3.27. The first kappa shape index (κ1) is 20.5. The van der Waals surface area contributed by atoms with Crippen LogP contribution in [0.5, 0.6) is 0 Å². The molecule has 0 unspecified atom stereocenters. The van der Waals surface area contributed by atoms with Gasteiger partial charge in [0, 0.05) is 32.1 Å². The first-order valence-corrected chi connectivity index (χ1v) is 9.68. The molecule has 0 spiro atoms. The molecule has 160 valence electrons. The fourth-order valence-electron chi connectivity index (χ4n) is 3.36. The number of carbonyl (C=O) groups excluding carboxylic acids is 2. The number of nitrogens with one attached hydrogen (secondary N) is 3. The number of aromatic amines is 1. The molecule has 0 aliphatic rings. The third-order valence-electron chi connectivity index (χ3n) is 4.91. The summed E-state index contributed by atoms with van der Waals surface area (Å²) in [4.78, 5) is 36.0. The second-order valence-electron chi connectivity index (χ2n) is 8.04. The summed E-state index contributed by atoms with van der Waals surface area (Å²) >= 11 is 0. The van der Waals surface area contributed by atoms with E-state index < -0.39 is 5.54 Å². The van der Waals surface area contributed by atoms with Gasteiger partial charge < -0.3 is 15.6 Å². The Labute approximate surface area is 177 Å². The fourth-order valence-corrected chi connectivity index (χ4v) is 3.36. The van der Waals surface area contributed by atoms with Crippen molar-refractivity contribution in [1.82, 2.24) is 35.4 Å². The van der Waals surface area contributed by atoms with Crippen molar-refractivity contribution < 1.29 is 14.0 Å². The van der Waals surface area contributed by atoms with Gasteiger partial charge in [-0.25, -0.2) is 14.4 Å². The maximum atomic E-state index is 13.6. The summed E-state index contributed by atoms with van der Waals surface area (Å²) in [5.74, 6) is -0.872. The number of amides is 2. The number of aromatic nitrogens is 5. The number of hydrogen-bond donors (Lipinski definition) is 3. The molecule has 9 nitrogen and oxygen atoms in total. The van der Waals surface area contributed by atoms with E-state index in [1.807, 2.05) is 13.8 Å². The van der Waals surface area contributed by atoms with Crippen LogP contribution in [-0.4, -0.2) is 48.6 Å². The maximum absolute atomic E-state index is 13.6. The minimum atomic E-state index is -0.668. The molecule has 4 aromatic rings. The molecule has 0 radical (unpaired) electrons. The minimum absolute atomic E-state index is 0.174. The molecule has 1 aromatic carbocycles. The molecule has 0 saturated heterocycles. The molecule has 10 heteroatoms. The molecule has 3 heterocycles. The molecule has 0 aliphatic heterocycles. The zero-order valence-electron chi connectivity index (χ0n) is 17.6. The Balaban J connectivity index is 1.70. The van der Waals surface area contributed by atoms with E-state index in [-0.39, 0.29) is 24.2 Å². The van der Waals surface area contributed by atoms with Crippen LogP contribution in [0.2, 0.25) is 0 Å².